The van der Waals surface area contributed by atoms with Gasteiger partial charge in [-0.1, -0.05) is 23.7 Å². The molecular weight excluding hydrogens is 368 g/mol. The van der Waals surface area contributed by atoms with Gasteiger partial charge in [-0.2, -0.15) is 0 Å². The van der Waals surface area contributed by atoms with Crippen molar-refractivity contribution in [3.05, 3.63) is 65.2 Å². The summed E-state index contributed by atoms with van der Waals surface area (Å²) in [5, 5.41) is 14.4. The van der Waals surface area contributed by atoms with Crippen LogP contribution in [-0.2, 0) is 0 Å². The highest BCUT2D eigenvalue weighted by atomic mass is 35.5. The van der Waals surface area contributed by atoms with Crippen LogP contribution in [0.15, 0.2) is 54.6 Å². The van der Waals surface area contributed by atoms with Crippen molar-refractivity contribution in [3.8, 4) is 11.5 Å². The second-order valence-electron chi connectivity index (χ2n) is 5.46. The molecule has 0 aliphatic rings. The number of halogens is 1. The van der Waals surface area contributed by atoms with E-state index in [9.17, 15) is 4.79 Å². The van der Waals surface area contributed by atoms with Crippen LogP contribution >= 0.6 is 11.6 Å². The Bertz CT molecular complexity index is 926. The maximum Gasteiger partial charge on any atom is 0.257 e. The van der Waals surface area contributed by atoms with Gasteiger partial charge in [0, 0.05) is 11.6 Å². The van der Waals surface area contributed by atoms with E-state index in [0.717, 1.165) is 0 Å². The lowest BCUT2D eigenvalue weighted by Crippen LogP contribution is -2.14. The van der Waals surface area contributed by atoms with Crippen molar-refractivity contribution >= 4 is 34.8 Å². The zero-order chi connectivity index (χ0) is 19.2. The highest BCUT2D eigenvalue weighted by Gasteiger charge is 2.11. The van der Waals surface area contributed by atoms with Crippen molar-refractivity contribution in [1.29, 1.82) is 0 Å². The highest BCUT2D eigenvalue weighted by molar-refractivity contribution is 6.33. The maximum absolute atomic E-state index is 12.4. The smallest absolute Gasteiger partial charge is 0.257 e. The number of nitrogens with one attached hydrogen (secondary N) is 2. The highest BCUT2D eigenvalue weighted by Crippen LogP contribution is 2.25. The standard InChI is InChI=1S/C19H17ClN4O3/c1-26-13-9-12(10-14(11-13)27-2)19(25)22-18-8-7-17(23-24-18)21-16-6-4-3-5-15(16)20/h3-11H,1-2H3,(H,21,23)(H,22,24,25). The third-order valence-electron chi connectivity index (χ3n) is 3.66. The third kappa shape index (κ3) is 4.65. The zero-order valence-electron chi connectivity index (χ0n) is 14.7. The van der Waals surface area contributed by atoms with E-state index in [-0.39, 0.29) is 5.91 Å². The van der Waals surface area contributed by atoms with Gasteiger partial charge in [0.05, 0.1) is 24.9 Å². The minimum absolute atomic E-state index is 0.312. The number of nitrogens with zero attached hydrogens (tertiary/aromatic N) is 2. The largest absolute Gasteiger partial charge is 0.497 e. The fourth-order valence-corrected chi connectivity index (χ4v) is 2.48. The normalized spacial score (nSPS) is 10.2. The molecule has 0 aliphatic carbocycles. The molecule has 27 heavy (non-hydrogen) atoms. The number of amides is 1. The fourth-order valence-electron chi connectivity index (χ4n) is 2.29. The first-order valence-corrected chi connectivity index (χ1v) is 8.36. The molecule has 8 heteroatoms. The number of carbonyl (C=O) groups excluding carboxylic acids is 1. The molecule has 0 spiro atoms. The van der Waals surface area contributed by atoms with Gasteiger partial charge in [0.2, 0.25) is 0 Å². The van der Waals surface area contributed by atoms with Crippen LogP contribution in [-0.4, -0.2) is 30.3 Å². The Morgan fingerprint density at radius 3 is 2.15 bits per heavy atom. The Balaban J connectivity index is 1.71. The summed E-state index contributed by atoms with van der Waals surface area (Å²) >= 11 is 6.10. The minimum atomic E-state index is -0.353. The summed E-state index contributed by atoms with van der Waals surface area (Å²) in [7, 11) is 3.04. The molecular formula is C19H17ClN4O3. The molecule has 1 heterocycles. The fraction of sp³-hybridized carbons (Fsp3) is 0.105. The first-order chi connectivity index (χ1) is 13.1. The molecule has 0 saturated heterocycles. The molecule has 0 unspecified atom stereocenters. The molecule has 7 nitrogen and oxygen atoms in total. The number of methoxy groups -OCH3 is 2. The Labute approximate surface area is 161 Å². The quantitative estimate of drug-likeness (QED) is 0.664. The lowest BCUT2D eigenvalue weighted by molar-refractivity contribution is 0.102. The van der Waals surface area contributed by atoms with Crippen LogP contribution in [0.3, 0.4) is 0 Å². The number of hydrogen-bond donors (Lipinski definition) is 2. The summed E-state index contributed by atoms with van der Waals surface area (Å²) in [6.45, 7) is 0. The van der Waals surface area contributed by atoms with Crippen LogP contribution in [0.1, 0.15) is 10.4 Å². The zero-order valence-corrected chi connectivity index (χ0v) is 15.4. The second-order valence-corrected chi connectivity index (χ2v) is 5.87. The Kier molecular flexibility index (Phi) is 5.73. The molecule has 1 aromatic heterocycles. The van der Waals surface area contributed by atoms with Crippen molar-refractivity contribution < 1.29 is 14.3 Å². The van der Waals surface area contributed by atoms with Crippen LogP contribution in [0.5, 0.6) is 11.5 Å². The van der Waals surface area contributed by atoms with Crippen molar-refractivity contribution in [2.75, 3.05) is 24.9 Å². The van der Waals surface area contributed by atoms with Crippen molar-refractivity contribution in [2.24, 2.45) is 0 Å². The number of benzene rings is 2. The average molecular weight is 385 g/mol. The number of hydrogen-bond acceptors (Lipinski definition) is 6. The van der Waals surface area contributed by atoms with Crippen LogP contribution < -0.4 is 20.1 Å². The van der Waals surface area contributed by atoms with E-state index in [1.165, 1.54) is 14.2 Å². The van der Waals surface area contributed by atoms with Crippen LogP contribution in [0.2, 0.25) is 5.02 Å². The summed E-state index contributed by atoms with van der Waals surface area (Å²) in [5.74, 6) is 1.50. The molecule has 0 atom stereocenters. The molecule has 3 aromatic rings. The van der Waals surface area contributed by atoms with Gasteiger partial charge in [0.15, 0.2) is 11.6 Å². The van der Waals surface area contributed by atoms with Gasteiger partial charge in [-0.3, -0.25) is 4.79 Å². The molecule has 138 valence electrons. The summed E-state index contributed by atoms with van der Waals surface area (Å²) in [5.41, 5.74) is 1.10. The molecule has 2 aromatic carbocycles. The Morgan fingerprint density at radius 2 is 1.56 bits per heavy atom. The maximum atomic E-state index is 12.4. The van der Waals surface area contributed by atoms with Gasteiger partial charge in [0.1, 0.15) is 11.5 Å². The summed E-state index contributed by atoms with van der Waals surface area (Å²) in [4.78, 5) is 12.4. The van der Waals surface area contributed by atoms with E-state index >= 15 is 0 Å². The molecule has 0 aliphatic heterocycles. The third-order valence-corrected chi connectivity index (χ3v) is 3.99. The predicted molar refractivity (Wildman–Crippen MR) is 104 cm³/mol. The minimum Gasteiger partial charge on any atom is -0.497 e. The van der Waals surface area contributed by atoms with Crippen LogP contribution in [0.25, 0.3) is 0 Å². The van der Waals surface area contributed by atoms with E-state index in [4.69, 9.17) is 21.1 Å². The van der Waals surface area contributed by atoms with E-state index in [1.807, 2.05) is 18.2 Å². The second kappa shape index (κ2) is 8.37. The Hall–Kier alpha value is -3.32. The van der Waals surface area contributed by atoms with Gasteiger partial charge in [-0.15, -0.1) is 10.2 Å². The van der Waals surface area contributed by atoms with Crippen molar-refractivity contribution in [3.63, 3.8) is 0 Å². The van der Waals surface area contributed by atoms with Crippen LogP contribution in [0.4, 0.5) is 17.3 Å². The molecule has 0 fully saturated rings. The van der Waals surface area contributed by atoms with Crippen LogP contribution in [0, 0.1) is 0 Å². The van der Waals surface area contributed by atoms with Gasteiger partial charge in [0.25, 0.3) is 5.91 Å². The van der Waals surface area contributed by atoms with Gasteiger partial charge in [-0.25, -0.2) is 0 Å². The average Bonchev–Trinajstić information content (AvgIpc) is 2.70. The summed E-state index contributed by atoms with van der Waals surface area (Å²) in [6, 6.07) is 15.5. The first-order valence-electron chi connectivity index (χ1n) is 7.99. The number of aromatic nitrogens is 2. The molecule has 0 radical (unpaired) electrons. The molecule has 0 bridgehead atoms. The number of carbonyl (C=O) groups is 1. The van der Waals surface area contributed by atoms with Gasteiger partial charge >= 0.3 is 0 Å². The van der Waals surface area contributed by atoms with Crippen molar-refractivity contribution in [2.45, 2.75) is 0 Å². The number of rotatable bonds is 6. The Morgan fingerprint density at radius 1 is 0.926 bits per heavy atom. The van der Waals surface area contributed by atoms with E-state index in [1.54, 1.807) is 36.4 Å². The van der Waals surface area contributed by atoms with E-state index in [2.05, 4.69) is 20.8 Å². The lowest BCUT2D eigenvalue weighted by atomic mass is 10.2. The monoisotopic (exact) mass is 384 g/mol. The predicted octanol–water partition coefficient (Wildman–Crippen LogP) is 4.14. The number of anilines is 3. The molecule has 0 saturated carbocycles. The molecule has 2 N–H and O–H groups in total. The number of ether oxygens (including phenoxy) is 2. The summed E-state index contributed by atoms with van der Waals surface area (Å²) < 4.78 is 10.3. The first kappa shape index (κ1) is 18.5. The number of para-hydroxylation sites is 1. The van der Waals surface area contributed by atoms with E-state index in [0.29, 0.717) is 39.4 Å². The van der Waals surface area contributed by atoms with E-state index < -0.39 is 0 Å². The molecule has 1 amide bonds. The molecule has 3 rings (SSSR count). The topological polar surface area (TPSA) is 85.4 Å². The van der Waals surface area contributed by atoms with Crippen molar-refractivity contribution in [1.82, 2.24) is 10.2 Å². The van der Waals surface area contributed by atoms with Gasteiger partial charge < -0.3 is 20.1 Å². The SMILES string of the molecule is COc1cc(OC)cc(C(=O)Nc2ccc(Nc3ccccc3Cl)nn2)c1. The lowest BCUT2D eigenvalue weighted by Gasteiger charge is -2.09. The van der Waals surface area contributed by atoms with Gasteiger partial charge in [-0.05, 0) is 36.4 Å². The summed E-state index contributed by atoms with van der Waals surface area (Å²) in [6.07, 6.45) is 0.